The molecule has 1 atom stereocenters. The maximum absolute atomic E-state index is 12.7. The van der Waals surface area contributed by atoms with Crippen molar-refractivity contribution < 1.29 is 8.42 Å². The number of aromatic nitrogens is 3. The molecule has 2 aromatic rings. The Morgan fingerprint density at radius 3 is 2.70 bits per heavy atom. The monoisotopic (exact) mass is 292 g/mol. The van der Waals surface area contributed by atoms with Gasteiger partial charge >= 0.3 is 0 Å². The molecule has 2 aromatic heterocycles. The Bertz CT molecular complexity index is 696. The summed E-state index contributed by atoms with van der Waals surface area (Å²) in [5.41, 5.74) is 0.991. The zero-order chi connectivity index (χ0) is 14.2. The molecule has 0 aromatic carbocycles. The molecule has 0 saturated carbocycles. The van der Waals surface area contributed by atoms with Crippen LogP contribution < -0.4 is 0 Å². The molecule has 1 aliphatic rings. The number of rotatable bonds is 3. The van der Waals surface area contributed by atoms with Crippen LogP contribution in [0.3, 0.4) is 0 Å². The lowest BCUT2D eigenvalue weighted by molar-refractivity contribution is 0.396. The molecule has 1 aliphatic heterocycles. The van der Waals surface area contributed by atoms with E-state index in [4.69, 9.17) is 0 Å². The van der Waals surface area contributed by atoms with Gasteiger partial charge in [0.1, 0.15) is 4.90 Å². The standard InChI is InChI=1S/C13H16N4O2S/c1-16-10-12(9-15-16)20(18,19)17-8-2-3-13(17)11-4-6-14-7-5-11/h4-7,9-10,13H,2-3,8H2,1H3. The summed E-state index contributed by atoms with van der Waals surface area (Å²) < 4.78 is 28.5. The topological polar surface area (TPSA) is 68.1 Å². The zero-order valence-electron chi connectivity index (χ0n) is 11.2. The van der Waals surface area contributed by atoms with Crippen molar-refractivity contribution in [3.8, 4) is 0 Å². The smallest absolute Gasteiger partial charge is 0.246 e. The molecule has 0 radical (unpaired) electrons. The second-order valence-corrected chi connectivity index (χ2v) is 6.79. The Morgan fingerprint density at radius 1 is 1.30 bits per heavy atom. The zero-order valence-corrected chi connectivity index (χ0v) is 12.0. The molecule has 1 fully saturated rings. The van der Waals surface area contributed by atoms with Crippen LogP contribution in [-0.2, 0) is 17.1 Å². The van der Waals surface area contributed by atoms with Gasteiger partial charge in [0.05, 0.1) is 12.2 Å². The first-order valence-electron chi connectivity index (χ1n) is 6.49. The minimum atomic E-state index is -3.49. The van der Waals surface area contributed by atoms with Crippen LogP contribution in [0.15, 0.2) is 41.8 Å². The molecule has 1 saturated heterocycles. The highest BCUT2D eigenvalue weighted by Crippen LogP contribution is 2.35. The summed E-state index contributed by atoms with van der Waals surface area (Å²) in [7, 11) is -1.77. The van der Waals surface area contributed by atoms with Gasteiger partial charge in [-0.15, -0.1) is 0 Å². The molecule has 106 valence electrons. The van der Waals surface area contributed by atoms with Gasteiger partial charge in [0, 0.05) is 32.2 Å². The van der Waals surface area contributed by atoms with Crippen LogP contribution in [0.4, 0.5) is 0 Å². The normalized spacial score (nSPS) is 20.4. The molecular formula is C13H16N4O2S. The van der Waals surface area contributed by atoms with E-state index in [1.165, 1.54) is 17.1 Å². The third kappa shape index (κ3) is 2.23. The van der Waals surface area contributed by atoms with Crippen LogP contribution in [-0.4, -0.2) is 34.0 Å². The summed E-state index contributed by atoms with van der Waals surface area (Å²) in [6.45, 7) is 0.546. The predicted molar refractivity (Wildman–Crippen MR) is 73.3 cm³/mol. The van der Waals surface area contributed by atoms with Gasteiger partial charge in [0.25, 0.3) is 0 Å². The Balaban J connectivity index is 1.97. The van der Waals surface area contributed by atoms with E-state index in [1.54, 1.807) is 23.7 Å². The van der Waals surface area contributed by atoms with Crippen LogP contribution in [0.2, 0.25) is 0 Å². The molecule has 0 N–H and O–H groups in total. The lowest BCUT2D eigenvalue weighted by Crippen LogP contribution is -2.30. The maximum Gasteiger partial charge on any atom is 0.246 e. The third-order valence-electron chi connectivity index (χ3n) is 3.58. The molecule has 0 spiro atoms. The molecular weight excluding hydrogens is 276 g/mol. The Labute approximate surface area is 118 Å². The van der Waals surface area contributed by atoms with Crippen molar-refractivity contribution in [2.75, 3.05) is 6.54 Å². The Hall–Kier alpha value is -1.73. The third-order valence-corrected chi connectivity index (χ3v) is 5.44. The van der Waals surface area contributed by atoms with E-state index in [1.807, 2.05) is 12.1 Å². The first-order chi connectivity index (χ1) is 9.59. The summed E-state index contributed by atoms with van der Waals surface area (Å²) in [4.78, 5) is 4.24. The Kier molecular flexibility index (Phi) is 3.31. The predicted octanol–water partition coefficient (Wildman–Crippen LogP) is 1.34. The van der Waals surface area contributed by atoms with Crippen LogP contribution in [0, 0.1) is 0 Å². The molecule has 6 nitrogen and oxygen atoms in total. The fourth-order valence-corrected chi connectivity index (χ4v) is 4.28. The average molecular weight is 292 g/mol. The number of aryl methyl sites for hydroxylation is 1. The lowest BCUT2D eigenvalue weighted by Gasteiger charge is -2.23. The second kappa shape index (κ2) is 4.99. The van der Waals surface area contributed by atoms with Crippen molar-refractivity contribution in [1.82, 2.24) is 19.1 Å². The largest absolute Gasteiger partial charge is 0.274 e. The fourth-order valence-electron chi connectivity index (χ4n) is 2.61. The molecule has 3 rings (SSSR count). The van der Waals surface area contributed by atoms with E-state index in [9.17, 15) is 8.42 Å². The number of hydrogen-bond donors (Lipinski definition) is 0. The highest BCUT2D eigenvalue weighted by Gasteiger charge is 2.36. The van der Waals surface area contributed by atoms with Gasteiger partial charge in [-0.25, -0.2) is 8.42 Å². The van der Waals surface area contributed by atoms with Crippen molar-refractivity contribution in [1.29, 1.82) is 0 Å². The van der Waals surface area contributed by atoms with E-state index >= 15 is 0 Å². The first kappa shape index (κ1) is 13.3. The lowest BCUT2D eigenvalue weighted by atomic mass is 10.1. The van der Waals surface area contributed by atoms with Crippen molar-refractivity contribution >= 4 is 10.0 Å². The van der Waals surface area contributed by atoms with E-state index in [-0.39, 0.29) is 10.9 Å². The van der Waals surface area contributed by atoms with Gasteiger partial charge in [0.2, 0.25) is 10.0 Å². The van der Waals surface area contributed by atoms with Crippen LogP contribution >= 0.6 is 0 Å². The van der Waals surface area contributed by atoms with Crippen LogP contribution in [0.5, 0.6) is 0 Å². The van der Waals surface area contributed by atoms with E-state index < -0.39 is 10.0 Å². The van der Waals surface area contributed by atoms with Crippen LogP contribution in [0.1, 0.15) is 24.4 Å². The first-order valence-corrected chi connectivity index (χ1v) is 7.93. The minimum Gasteiger partial charge on any atom is -0.274 e. The number of pyridine rings is 1. The number of nitrogens with zero attached hydrogens (tertiary/aromatic N) is 4. The van der Waals surface area contributed by atoms with Gasteiger partial charge in [-0.1, -0.05) is 0 Å². The van der Waals surface area contributed by atoms with Gasteiger partial charge in [-0.2, -0.15) is 9.40 Å². The van der Waals surface area contributed by atoms with Crippen molar-refractivity contribution in [3.63, 3.8) is 0 Å². The van der Waals surface area contributed by atoms with E-state index in [2.05, 4.69) is 10.1 Å². The molecule has 0 bridgehead atoms. The van der Waals surface area contributed by atoms with Gasteiger partial charge in [-0.05, 0) is 30.5 Å². The Morgan fingerprint density at radius 2 is 2.05 bits per heavy atom. The van der Waals surface area contributed by atoms with Crippen molar-refractivity contribution in [3.05, 3.63) is 42.5 Å². The van der Waals surface area contributed by atoms with Crippen LogP contribution in [0.25, 0.3) is 0 Å². The van der Waals surface area contributed by atoms with Crippen molar-refractivity contribution in [2.45, 2.75) is 23.8 Å². The van der Waals surface area contributed by atoms with Gasteiger partial charge < -0.3 is 0 Å². The van der Waals surface area contributed by atoms with Gasteiger partial charge in [0.15, 0.2) is 0 Å². The summed E-state index contributed by atoms with van der Waals surface area (Å²) in [6, 6.07) is 3.65. The second-order valence-electron chi connectivity index (χ2n) is 4.90. The SMILES string of the molecule is Cn1cc(S(=O)(=O)N2CCCC2c2ccncc2)cn1. The molecule has 3 heterocycles. The highest BCUT2D eigenvalue weighted by atomic mass is 32.2. The van der Waals surface area contributed by atoms with Crippen molar-refractivity contribution in [2.24, 2.45) is 7.05 Å². The van der Waals surface area contributed by atoms with E-state index in [0.29, 0.717) is 6.54 Å². The molecule has 7 heteroatoms. The minimum absolute atomic E-state index is 0.108. The fraction of sp³-hybridized carbons (Fsp3) is 0.385. The molecule has 1 unspecified atom stereocenters. The maximum atomic E-state index is 12.7. The summed E-state index contributed by atoms with van der Waals surface area (Å²) in [5.74, 6) is 0. The summed E-state index contributed by atoms with van der Waals surface area (Å²) >= 11 is 0. The quantitative estimate of drug-likeness (QED) is 0.856. The number of sulfonamides is 1. The number of hydrogen-bond acceptors (Lipinski definition) is 4. The molecule has 0 aliphatic carbocycles. The summed E-state index contributed by atoms with van der Waals surface area (Å²) in [6.07, 6.45) is 8.04. The highest BCUT2D eigenvalue weighted by molar-refractivity contribution is 7.89. The molecule has 20 heavy (non-hydrogen) atoms. The van der Waals surface area contributed by atoms with Gasteiger partial charge in [-0.3, -0.25) is 9.67 Å². The van der Waals surface area contributed by atoms with E-state index in [0.717, 1.165) is 18.4 Å². The average Bonchev–Trinajstić information content (AvgIpc) is 3.08. The molecule has 0 amide bonds. The summed E-state index contributed by atoms with van der Waals surface area (Å²) in [5, 5.41) is 3.95.